The zero-order valence-electron chi connectivity index (χ0n) is 12.5. The maximum absolute atomic E-state index is 6.14. The van der Waals surface area contributed by atoms with Gasteiger partial charge < -0.3 is 5.32 Å². The van der Waals surface area contributed by atoms with Crippen molar-refractivity contribution in [3.8, 4) is 0 Å². The van der Waals surface area contributed by atoms with E-state index in [4.69, 9.17) is 23.2 Å². The van der Waals surface area contributed by atoms with Crippen LogP contribution in [0.2, 0.25) is 10.0 Å². The van der Waals surface area contributed by atoms with Crippen molar-refractivity contribution in [1.29, 1.82) is 0 Å². The van der Waals surface area contributed by atoms with Crippen molar-refractivity contribution in [2.45, 2.75) is 51.7 Å². The number of rotatable bonds is 4. The minimum atomic E-state index is 0.249. The van der Waals surface area contributed by atoms with E-state index in [1.807, 2.05) is 12.1 Å². The zero-order chi connectivity index (χ0) is 14.8. The third-order valence-electron chi connectivity index (χ3n) is 4.62. The number of halogens is 2. The Balaban J connectivity index is 2.20. The van der Waals surface area contributed by atoms with Crippen LogP contribution < -0.4 is 5.32 Å². The predicted molar refractivity (Wildman–Crippen MR) is 87.6 cm³/mol. The standard InChI is InChI=1S/C16H24Cl2N2/c1-4-16(5-2)11-19-12(3)9-20(16)10-13-6-7-14(17)15(18)8-13/h6-8,12,19H,4-5,9-11H2,1-3H3. The van der Waals surface area contributed by atoms with Gasteiger partial charge in [-0.05, 0) is 37.5 Å². The molecule has 1 aliphatic rings. The lowest BCUT2D eigenvalue weighted by Gasteiger charge is -2.49. The van der Waals surface area contributed by atoms with E-state index in [9.17, 15) is 0 Å². The second-order valence-corrected chi connectivity index (χ2v) is 6.66. The molecular weight excluding hydrogens is 291 g/mol. The fourth-order valence-electron chi connectivity index (χ4n) is 3.10. The van der Waals surface area contributed by atoms with E-state index in [1.54, 1.807) is 0 Å². The summed E-state index contributed by atoms with van der Waals surface area (Å²) in [6.45, 7) is 9.87. The van der Waals surface area contributed by atoms with Gasteiger partial charge in [-0.25, -0.2) is 0 Å². The molecule has 1 aromatic rings. The first kappa shape index (κ1) is 16.1. The van der Waals surface area contributed by atoms with Gasteiger partial charge in [0.25, 0.3) is 0 Å². The van der Waals surface area contributed by atoms with E-state index in [0.29, 0.717) is 16.1 Å². The van der Waals surface area contributed by atoms with Gasteiger partial charge in [0.1, 0.15) is 0 Å². The van der Waals surface area contributed by atoms with Crippen LogP contribution in [0.4, 0.5) is 0 Å². The van der Waals surface area contributed by atoms with Gasteiger partial charge in [0, 0.05) is 31.2 Å². The van der Waals surface area contributed by atoms with Crippen LogP contribution in [0.3, 0.4) is 0 Å². The zero-order valence-corrected chi connectivity index (χ0v) is 14.1. The molecule has 0 bridgehead atoms. The Morgan fingerprint density at radius 2 is 1.95 bits per heavy atom. The first-order valence-corrected chi connectivity index (χ1v) is 8.18. The summed E-state index contributed by atoms with van der Waals surface area (Å²) in [5, 5.41) is 4.89. The van der Waals surface area contributed by atoms with Crippen LogP contribution in [-0.4, -0.2) is 29.6 Å². The number of hydrogen-bond acceptors (Lipinski definition) is 2. The van der Waals surface area contributed by atoms with Crippen LogP contribution >= 0.6 is 23.2 Å². The Kier molecular flexibility index (Phi) is 5.36. The Morgan fingerprint density at radius 1 is 1.25 bits per heavy atom. The molecule has 1 atom stereocenters. The summed E-state index contributed by atoms with van der Waals surface area (Å²) in [5.74, 6) is 0. The fourth-order valence-corrected chi connectivity index (χ4v) is 3.42. The minimum absolute atomic E-state index is 0.249. The SMILES string of the molecule is CCC1(CC)CNC(C)CN1Cc1ccc(Cl)c(Cl)c1. The number of benzene rings is 1. The fraction of sp³-hybridized carbons (Fsp3) is 0.625. The highest BCUT2D eigenvalue weighted by Crippen LogP contribution is 2.30. The lowest BCUT2D eigenvalue weighted by Crippen LogP contribution is -2.63. The van der Waals surface area contributed by atoms with Crippen LogP contribution in [0.25, 0.3) is 0 Å². The summed E-state index contributed by atoms with van der Waals surface area (Å²) < 4.78 is 0. The van der Waals surface area contributed by atoms with Gasteiger partial charge in [-0.1, -0.05) is 43.1 Å². The molecule has 0 spiro atoms. The highest BCUT2D eigenvalue weighted by atomic mass is 35.5. The molecule has 112 valence electrons. The monoisotopic (exact) mass is 314 g/mol. The first-order chi connectivity index (χ1) is 9.50. The molecule has 2 nitrogen and oxygen atoms in total. The lowest BCUT2D eigenvalue weighted by molar-refractivity contribution is 0.0278. The smallest absolute Gasteiger partial charge is 0.0595 e. The number of hydrogen-bond donors (Lipinski definition) is 1. The summed E-state index contributed by atoms with van der Waals surface area (Å²) in [4.78, 5) is 2.60. The van der Waals surface area contributed by atoms with Crippen molar-refractivity contribution in [2.24, 2.45) is 0 Å². The molecule has 20 heavy (non-hydrogen) atoms. The van der Waals surface area contributed by atoms with Gasteiger partial charge in [-0.2, -0.15) is 0 Å². The third-order valence-corrected chi connectivity index (χ3v) is 5.36. The topological polar surface area (TPSA) is 15.3 Å². The van der Waals surface area contributed by atoms with E-state index in [1.165, 1.54) is 5.56 Å². The van der Waals surface area contributed by atoms with Crippen molar-refractivity contribution in [3.63, 3.8) is 0 Å². The van der Waals surface area contributed by atoms with E-state index in [-0.39, 0.29) is 5.54 Å². The quantitative estimate of drug-likeness (QED) is 0.889. The van der Waals surface area contributed by atoms with E-state index in [0.717, 1.165) is 32.5 Å². The van der Waals surface area contributed by atoms with Crippen molar-refractivity contribution in [2.75, 3.05) is 13.1 Å². The van der Waals surface area contributed by atoms with Gasteiger partial charge in [0.2, 0.25) is 0 Å². The predicted octanol–water partition coefficient (Wildman–Crippen LogP) is 4.35. The lowest BCUT2D eigenvalue weighted by atomic mass is 9.87. The van der Waals surface area contributed by atoms with E-state index < -0.39 is 0 Å². The van der Waals surface area contributed by atoms with Gasteiger partial charge in [0.05, 0.1) is 10.0 Å². The number of nitrogens with zero attached hydrogens (tertiary/aromatic N) is 1. The molecule has 1 heterocycles. The summed E-state index contributed by atoms with van der Waals surface area (Å²) in [7, 11) is 0. The summed E-state index contributed by atoms with van der Waals surface area (Å²) in [6.07, 6.45) is 2.31. The maximum Gasteiger partial charge on any atom is 0.0595 e. The molecule has 4 heteroatoms. The summed E-state index contributed by atoms with van der Waals surface area (Å²) in [5.41, 5.74) is 1.48. The van der Waals surface area contributed by atoms with E-state index in [2.05, 4.69) is 37.1 Å². The largest absolute Gasteiger partial charge is 0.311 e. The summed E-state index contributed by atoms with van der Waals surface area (Å²) >= 11 is 12.1. The van der Waals surface area contributed by atoms with Gasteiger partial charge in [0.15, 0.2) is 0 Å². The average Bonchev–Trinajstić information content (AvgIpc) is 2.44. The number of nitrogens with one attached hydrogen (secondary N) is 1. The van der Waals surface area contributed by atoms with Crippen molar-refractivity contribution in [3.05, 3.63) is 33.8 Å². The molecule has 1 aromatic carbocycles. The van der Waals surface area contributed by atoms with Crippen molar-refractivity contribution >= 4 is 23.2 Å². The van der Waals surface area contributed by atoms with Crippen molar-refractivity contribution in [1.82, 2.24) is 10.2 Å². The van der Waals surface area contributed by atoms with Crippen LogP contribution in [0.15, 0.2) is 18.2 Å². The Bertz CT molecular complexity index is 458. The molecule has 0 saturated carbocycles. The van der Waals surface area contributed by atoms with Crippen LogP contribution in [0, 0.1) is 0 Å². The van der Waals surface area contributed by atoms with Crippen LogP contribution in [-0.2, 0) is 6.54 Å². The molecule has 1 aliphatic heterocycles. The Morgan fingerprint density at radius 3 is 2.55 bits per heavy atom. The maximum atomic E-state index is 6.14. The molecule has 2 rings (SSSR count). The second kappa shape index (κ2) is 6.65. The van der Waals surface area contributed by atoms with Crippen LogP contribution in [0.5, 0.6) is 0 Å². The van der Waals surface area contributed by atoms with Crippen LogP contribution in [0.1, 0.15) is 39.2 Å². The summed E-state index contributed by atoms with van der Waals surface area (Å²) in [6, 6.07) is 6.50. The normalized spacial score (nSPS) is 22.9. The molecule has 0 aromatic heterocycles. The number of piperazine rings is 1. The van der Waals surface area contributed by atoms with Gasteiger partial charge in [-0.15, -0.1) is 0 Å². The third kappa shape index (κ3) is 3.30. The molecular formula is C16H24Cl2N2. The molecule has 1 unspecified atom stereocenters. The molecule has 1 saturated heterocycles. The molecule has 1 fully saturated rings. The second-order valence-electron chi connectivity index (χ2n) is 5.84. The molecule has 1 N–H and O–H groups in total. The highest BCUT2D eigenvalue weighted by Gasteiger charge is 2.37. The molecule has 0 radical (unpaired) electrons. The average molecular weight is 315 g/mol. The Hall–Kier alpha value is -0.280. The molecule has 0 aliphatic carbocycles. The van der Waals surface area contributed by atoms with Gasteiger partial charge >= 0.3 is 0 Å². The minimum Gasteiger partial charge on any atom is -0.311 e. The van der Waals surface area contributed by atoms with Crippen molar-refractivity contribution < 1.29 is 0 Å². The highest BCUT2D eigenvalue weighted by molar-refractivity contribution is 6.42. The first-order valence-electron chi connectivity index (χ1n) is 7.43. The molecule has 0 amide bonds. The van der Waals surface area contributed by atoms with E-state index >= 15 is 0 Å². The van der Waals surface area contributed by atoms with Gasteiger partial charge in [-0.3, -0.25) is 4.90 Å². The Labute approximate surface area is 132 Å².